The quantitative estimate of drug-likeness (QED) is 0.639. The Morgan fingerprint density at radius 2 is 2.15 bits per heavy atom. The van der Waals surface area contributed by atoms with Crippen LogP contribution in [0.3, 0.4) is 0 Å². The monoisotopic (exact) mass is 385 g/mol. The van der Waals surface area contributed by atoms with Crippen molar-refractivity contribution in [2.45, 2.75) is 31.8 Å². The maximum Gasteiger partial charge on any atom is 0.242 e. The molecule has 1 rings (SSSR count). The van der Waals surface area contributed by atoms with Crippen LogP contribution in [0.25, 0.3) is 0 Å². The minimum Gasteiger partial charge on any atom is -0.391 e. The van der Waals surface area contributed by atoms with Crippen molar-refractivity contribution in [2.75, 3.05) is 19.8 Å². The summed E-state index contributed by atoms with van der Waals surface area (Å²) in [5.41, 5.74) is 0. The van der Waals surface area contributed by atoms with Crippen LogP contribution in [-0.4, -0.2) is 33.3 Å². The summed E-state index contributed by atoms with van der Waals surface area (Å²) in [7, 11) is -3.56. The van der Waals surface area contributed by atoms with E-state index in [0.717, 1.165) is 6.42 Å². The Morgan fingerprint density at radius 1 is 1.45 bits per heavy atom. The minimum absolute atomic E-state index is 0.161. The van der Waals surface area contributed by atoms with Gasteiger partial charge in [-0.3, -0.25) is 0 Å². The number of hydrogen-bond donors (Lipinski definition) is 2. The minimum atomic E-state index is -3.56. The van der Waals surface area contributed by atoms with Crippen LogP contribution in [-0.2, 0) is 21.4 Å². The third-order valence-electron chi connectivity index (χ3n) is 2.53. The zero-order valence-corrected chi connectivity index (χ0v) is 14.8. The Balaban J connectivity index is 2.43. The van der Waals surface area contributed by atoms with E-state index in [0.29, 0.717) is 27.8 Å². The fraction of sp³-hybridized carbons (Fsp3) is 0.667. The van der Waals surface area contributed by atoms with Gasteiger partial charge in [0.05, 0.1) is 17.0 Å². The van der Waals surface area contributed by atoms with Gasteiger partial charge in [-0.2, -0.15) is 0 Å². The molecule has 8 heteroatoms. The molecule has 0 unspecified atom stereocenters. The van der Waals surface area contributed by atoms with Gasteiger partial charge in [0.1, 0.15) is 4.90 Å². The van der Waals surface area contributed by atoms with Gasteiger partial charge < -0.3 is 9.84 Å². The third-order valence-corrected chi connectivity index (χ3v) is 6.23. The van der Waals surface area contributed by atoms with E-state index in [9.17, 15) is 8.42 Å². The molecular weight excluding hydrogens is 366 g/mol. The average Bonchev–Trinajstić information content (AvgIpc) is 2.75. The number of rotatable bonds is 9. The van der Waals surface area contributed by atoms with Crippen LogP contribution in [0, 0.1) is 5.92 Å². The summed E-state index contributed by atoms with van der Waals surface area (Å²) < 4.78 is 32.4. The van der Waals surface area contributed by atoms with Crippen LogP contribution >= 0.6 is 27.3 Å². The number of nitrogens with one attached hydrogen (secondary N) is 1. The number of ether oxygens (including phenoxy) is 1. The van der Waals surface area contributed by atoms with Crippen LogP contribution in [0.4, 0.5) is 0 Å². The first kappa shape index (κ1) is 18.1. The molecule has 0 saturated carbocycles. The lowest BCUT2D eigenvalue weighted by molar-refractivity contribution is 0.128. The van der Waals surface area contributed by atoms with E-state index in [4.69, 9.17) is 9.84 Å². The number of halogens is 1. The molecule has 0 spiro atoms. The van der Waals surface area contributed by atoms with Gasteiger partial charge in [-0.25, -0.2) is 13.1 Å². The summed E-state index contributed by atoms with van der Waals surface area (Å²) >= 11 is 4.41. The maximum absolute atomic E-state index is 12.1. The predicted molar refractivity (Wildman–Crippen MR) is 83.4 cm³/mol. The fourth-order valence-electron chi connectivity index (χ4n) is 1.41. The van der Waals surface area contributed by atoms with Gasteiger partial charge in [0, 0.05) is 18.0 Å². The van der Waals surface area contributed by atoms with Crippen molar-refractivity contribution in [3.63, 3.8) is 0 Å². The van der Waals surface area contributed by atoms with E-state index < -0.39 is 10.0 Å². The largest absolute Gasteiger partial charge is 0.391 e. The Bertz CT molecular complexity index is 514. The third kappa shape index (κ3) is 5.79. The van der Waals surface area contributed by atoms with Crippen molar-refractivity contribution < 1.29 is 18.3 Å². The molecule has 0 bridgehead atoms. The molecule has 0 aliphatic heterocycles. The van der Waals surface area contributed by atoms with Crippen molar-refractivity contribution in [1.82, 2.24) is 4.72 Å². The van der Waals surface area contributed by atoms with E-state index in [2.05, 4.69) is 34.5 Å². The van der Waals surface area contributed by atoms with Crippen molar-refractivity contribution in [1.29, 1.82) is 0 Å². The number of aliphatic hydroxyl groups is 1. The highest BCUT2D eigenvalue weighted by molar-refractivity contribution is 9.11. The van der Waals surface area contributed by atoms with Gasteiger partial charge in [-0.15, -0.1) is 11.3 Å². The molecule has 1 heterocycles. The topological polar surface area (TPSA) is 75.6 Å². The van der Waals surface area contributed by atoms with Crippen molar-refractivity contribution in [3.05, 3.63) is 14.7 Å². The van der Waals surface area contributed by atoms with Crippen LogP contribution in [0.5, 0.6) is 0 Å². The molecule has 116 valence electrons. The molecule has 0 fully saturated rings. The van der Waals surface area contributed by atoms with E-state index in [1.54, 1.807) is 0 Å². The standard InChI is InChI=1S/C12H20BrNO4S2/c1-9(2)3-5-18-6-4-14-20(16,17)11-7-10(8-15)19-12(11)13/h7,9,14-15H,3-6,8H2,1-2H3. The molecule has 0 saturated heterocycles. The van der Waals surface area contributed by atoms with Crippen LogP contribution in [0.1, 0.15) is 25.1 Å². The Morgan fingerprint density at radius 3 is 2.70 bits per heavy atom. The Labute approximate surface area is 132 Å². The van der Waals surface area contributed by atoms with E-state index >= 15 is 0 Å². The zero-order valence-electron chi connectivity index (χ0n) is 11.6. The molecule has 20 heavy (non-hydrogen) atoms. The van der Waals surface area contributed by atoms with Crippen molar-refractivity contribution in [3.8, 4) is 0 Å². The Hall–Kier alpha value is 0.01000. The molecule has 5 nitrogen and oxygen atoms in total. The molecule has 1 aromatic rings. The number of sulfonamides is 1. The first-order chi connectivity index (χ1) is 9.36. The number of aliphatic hydroxyl groups excluding tert-OH is 1. The molecule has 0 aliphatic carbocycles. The highest BCUT2D eigenvalue weighted by Crippen LogP contribution is 2.31. The highest BCUT2D eigenvalue weighted by atomic mass is 79.9. The second-order valence-corrected chi connectivity index (χ2v) is 8.89. The van der Waals surface area contributed by atoms with Crippen LogP contribution in [0.15, 0.2) is 14.7 Å². The average molecular weight is 386 g/mol. The predicted octanol–water partition coefficient (Wildman–Crippen LogP) is 2.34. The van der Waals surface area contributed by atoms with Crippen LogP contribution < -0.4 is 4.72 Å². The lowest BCUT2D eigenvalue weighted by Gasteiger charge is -2.08. The maximum atomic E-state index is 12.1. The van der Waals surface area contributed by atoms with Gasteiger partial charge in [0.25, 0.3) is 0 Å². The lowest BCUT2D eigenvalue weighted by atomic mass is 10.1. The smallest absolute Gasteiger partial charge is 0.242 e. The number of thiophene rings is 1. The molecular formula is C12H20BrNO4S2. The summed E-state index contributed by atoms with van der Waals surface area (Å²) in [5.74, 6) is 0.574. The summed E-state index contributed by atoms with van der Waals surface area (Å²) in [6.07, 6.45) is 0.961. The lowest BCUT2D eigenvalue weighted by Crippen LogP contribution is -2.27. The van der Waals surface area contributed by atoms with Crippen LogP contribution in [0.2, 0.25) is 0 Å². The van der Waals surface area contributed by atoms with Gasteiger partial charge in [-0.1, -0.05) is 13.8 Å². The molecule has 2 N–H and O–H groups in total. The molecule has 1 aromatic heterocycles. The van der Waals surface area contributed by atoms with E-state index in [-0.39, 0.29) is 18.0 Å². The van der Waals surface area contributed by atoms with E-state index in [1.807, 2.05) is 0 Å². The SMILES string of the molecule is CC(C)CCOCCNS(=O)(=O)c1cc(CO)sc1Br. The highest BCUT2D eigenvalue weighted by Gasteiger charge is 2.20. The summed E-state index contributed by atoms with van der Waals surface area (Å²) in [4.78, 5) is 0.763. The summed E-state index contributed by atoms with van der Waals surface area (Å²) in [6, 6.07) is 1.47. The first-order valence-corrected chi connectivity index (χ1v) is 9.42. The van der Waals surface area contributed by atoms with E-state index in [1.165, 1.54) is 17.4 Å². The second-order valence-electron chi connectivity index (χ2n) is 4.70. The second kappa shape index (κ2) is 8.45. The molecule has 0 aromatic carbocycles. The van der Waals surface area contributed by atoms with Gasteiger partial charge >= 0.3 is 0 Å². The summed E-state index contributed by atoms with van der Waals surface area (Å²) in [5, 5.41) is 9.01. The fourth-order valence-corrected chi connectivity index (χ4v) is 4.96. The van der Waals surface area contributed by atoms with Crippen molar-refractivity contribution in [2.24, 2.45) is 5.92 Å². The summed E-state index contributed by atoms with van der Waals surface area (Å²) in [6.45, 7) is 5.27. The zero-order chi connectivity index (χ0) is 15.2. The molecule has 0 aliphatic rings. The first-order valence-electron chi connectivity index (χ1n) is 6.33. The molecule has 0 amide bonds. The Kier molecular flexibility index (Phi) is 7.63. The van der Waals surface area contributed by atoms with Gasteiger partial charge in [-0.05, 0) is 34.3 Å². The molecule has 0 radical (unpaired) electrons. The number of hydrogen-bond acceptors (Lipinski definition) is 5. The van der Waals surface area contributed by atoms with Crippen molar-refractivity contribution >= 4 is 37.3 Å². The normalized spacial score (nSPS) is 12.2. The van der Waals surface area contributed by atoms with Gasteiger partial charge in [0.15, 0.2) is 0 Å². The molecule has 0 atom stereocenters. The van der Waals surface area contributed by atoms with Gasteiger partial charge in [0.2, 0.25) is 10.0 Å².